The fraction of sp³-hybridized carbons (Fsp3) is 0.400. The molecule has 9 heteroatoms. The van der Waals surface area contributed by atoms with Crippen molar-refractivity contribution in [1.82, 2.24) is 10.2 Å². The maximum Gasteiger partial charge on any atom is 0.407 e. The number of amides is 2. The van der Waals surface area contributed by atoms with E-state index < -0.39 is 42.4 Å². The molecule has 7 nitrogen and oxygen atoms in total. The Morgan fingerprint density at radius 2 is 1.65 bits per heavy atom. The molecule has 2 amide bonds. The van der Waals surface area contributed by atoms with Gasteiger partial charge in [-0.05, 0) is 41.0 Å². The van der Waals surface area contributed by atoms with Crippen molar-refractivity contribution >= 4 is 18.0 Å². The highest BCUT2D eigenvalue weighted by Crippen LogP contribution is 2.51. The summed E-state index contributed by atoms with van der Waals surface area (Å²) < 4.78 is 32.6. The summed E-state index contributed by atoms with van der Waals surface area (Å²) in [5.41, 5.74) is 2.77. The lowest BCUT2D eigenvalue weighted by atomic mass is 9.73. The molecule has 2 heterocycles. The second-order valence-corrected chi connectivity index (χ2v) is 9.23. The molecule has 2 aliphatic heterocycles. The average Bonchev–Trinajstić information content (AvgIpc) is 3.46. The Bertz CT molecular complexity index is 1100. The van der Waals surface area contributed by atoms with Crippen molar-refractivity contribution in [2.24, 2.45) is 5.92 Å². The molecule has 0 aromatic heterocycles. The first-order valence-electron chi connectivity index (χ1n) is 11.2. The Labute approximate surface area is 194 Å². The number of aliphatic carboxylic acids is 1. The first-order valence-corrected chi connectivity index (χ1v) is 11.2. The molecular formula is C25H24F2N2O5. The molecule has 2 aromatic carbocycles. The van der Waals surface area contributed by atoms with E-state index in [1.807, 2.05) is 48.5 Å². The minimum absolute atomic E-state index is 0.0420. The van der Waals surface area contributed by atoms with E-state index in [-0.39, 0.29) is 25.0 Å². The summed E-state index contributed by atoms with van der Waals surface area (Å²) in [6.45, 7) is 0.200. The van der Waals surface area contributed by atoms with Crippen LogP contribution in [0.15, 0.2) is 48.5 Å². The summed E-state index contributed by atoms with van der Waals surface area (Å²) in [6.07, 6.45) is -4.06. The summed E-state index contributed by atoms with van der Waals surface area (Å²) >= 11 is 0. The molecule has 2 aliphatic carbocycles. The molecule has 0 radical (unpaired) electrons. The molecule has 1 atom stereocenters. The predicted molar refractivity (Wildman–Crippen MR) is 117 cm³/mol. The van der Waals surface area contributed by atoms with Crippen LogP contribution in [0, 0.1) is 5.92 Å². The molecule has 178 valence electrons. The zero-order valence-electron chi connectivity index (χ0n) is 18.2. The van der Waals surface area contributed by atoms with Gasteiger partial charge in [-0.1, -0.05) is 48.5 Å². The zero-order valence-corrected chi connectivity index (χ0v) is 18.2. The van der Waals surface area contributed by atoms with Crippen LogP contribution in [0.3, 0.4) is 0 Å². The van der Waals surface area contributed by atoms with E-state index in [4.69, 9.17) is 4.74 Å². The molecule has 1 unspecified atom stereocenters. The van der Waals surface area contributed by atoms with Gasteiger partial charge in [-0.2, -0.15) is 0 Å². The van der Waals surface area contributed by atoms with Gasteiger partial charge in [0.2, 0.25) is 5.91 Å². The molecule has 1 saturated carbocycles. The van der Waals surface area contributed by atoms with Crippen molar-refractivity contribution in [3.05, 3.63) is 59.7 Å². The van der Waals surface area contributed by atoms with E-state index in [2.05, 4.69) is 5.32 Å². The number of carbonyl (C=O) groups excluding carboxylic acids is 2. The number of fused-ring (bicyclic) bond motifs is 4. The minimum Gasteiger partial charge on any atom is -0.479 e. The first kappa shape index (κ1) is 22.3. The summed E-state index contributed by atoms with van der Waals surface area (Å²) in [4.78, 5) is 37.9. The zero-order chi connectivity index (χ0) is 24.0. The number of hydrogen-bond donors (Lipinski definition) is 2. The Morgan fingerprint density at radius 1 is 1.06 bits per heavy atom. The molecular weight excluding hydrogens is 446 g/mol. The Kier molecular flexibility index (Phi) is 5.50. The van der Waals surface area contributed by atoms with E-state index in [1.165, 1.54) is 4.90 Å². The standard InChI is InChI=1S/C25H24F2N2O5/c26-22(27)20(9-21(30)29-12-14-10-25(29,11-14)23(31)32)28-24(33)34-13-19-17-7-3-1-5-15(17)16-6-2-4-8-18(16)19/h1-8,14,19-20,22H,9-13H2,(H,28,33)(H,31,32). The van der Waals surface area contributed by atoms with Crippen molar-refractivity contribution in [1.29, 1.82) is 0 Å². The summed E-state index contributed by atoms with van der Waals surface area (Å²) in [7, 11) is 0. The number of halogens is 2. The second-order valence-electron chi connectivity index (χ2n) is 9.23. The summed E-state index contributed by atoms with van der Waals surface area (Å²) in [5, 5.41) is 11.6. The topological polar surface area (TPSA) is 95.9 Å². The normalized spacial score (nSPS) is 23.1. The molecule has 2 bridgehead atoms. The lowest BCUT2D eigenvalue weighted by molar-refractivity contribution is -0.158. The number of rotatable bonds is 7. The van der Waals surface area contributed by atoms with Gasteiger partial charge >= 0.3 is 12.1 Å². The van der Waals surface area contributed by atoms with Gasteiger partial charge < -0.3 is 20.1 Å². The van der Waals surface area contributed by atoms with Crippen LogP contribution in [0.4, 0.5) is 13.6 Å². The lowest BCUT2D eigenvalue weighted by Gasteiger charge is -2.38. The van der Waals surface area contributed by atoms with E-state index in [1.54, 1.807) is 0 Å². The number of benzene rings is 2. The van der Waals surface area contributed by atoms with E-state index in [0.29, 0.717) is 12.8 Å². The fourth-order valence-electron chi connectivity index (χ4n) is 5.60. The highest BCUT2D eigenvalue weighted by Gasteiger charge is 2.62. The lowest BCUT2D eigenvalue weighted by Crippen LogP contribution is -2.55. The SMILES string of the molecule is O=C(NC(CC(=O)N1CC2CC1(C(=O)O)C2)C(F)F)OCC1c2ccccc2-c2ccccc21. The van der Waals surface area contributed by atoms with Crippen molar-refractivity contribution in [2.45, 2.75) is 43.2 Å². The van der Waals surface area contributed by atoms with E-state index in [0.717, 1.165) is 22.3 Å². The van der Waals surface area contributed by atoms with Gasteiger partial charge in [-0.3, -0.25) is 4.79 Å². The highest BCUT2D eigenvalue weighted by atomic mass is 19.3. The largest absolute Gasteiger partial charge is 0.479 e. The number of ether oxygens (including phenoxy) is 1. The summed E-state index contributed by atoms with van der Waals surface area (Å²) in [6, 6.07) is 13.7. The maximum absolute atomic E-state index is 13.6. The minimum atomic E-state index is -3.01. The van der Waals surface area contributed by atoms with E-state index in [9.17, 15) is 28.3 Å². The second kappa shape index (κ2) is 8.38. The monoisotopic (exact) mass is 470 g/mol. The van der Waals surface area contributed by atoms with Gasteiger partial charge in [-0.25, -0.2) is 18.4 Å². The van der Waals surface area contributed by atoms with Gasteiger partial charge in [0.15, 0.2) is 0 Å². The predicted octanol–water partition coefficient (Wildman–Crippen LogP) is 3.62. The van der Waals surface area contributed by atoms with Gasteiger partial charge in [0.05, 0.1) is 6.42 Å². The van der Waals surface area contributed by atoms with Gasteiger partial charge in [0.1, 0.15) is 18.2 Å². The molecule has 4 aliphatic rings. The number of carboxylic acids is 1. The fourth-order valence-corrected chi connectivity index (χ4v) is 5.60. The third-order valence-corrected chi connectivity index (χ3v) is 7.25. The number of alkyl carbamates (subject to hydrolysis) is 1. The van der Waals surface area contributed by atoms with E-state index >= 15 is 0 Å². The van der Waals surface area contributed by atoms with Gasteiger partial charge in [0, 0.05) is 12.5 Å². The van der Waals surface area contributed by atoms with Crippen LogP contribution in [-0.4, -0.2) is 59.1 Å². The van der Waals surface area contributed by atoms with Crippen molar-refractivity contribution in [3.63, 3.8) is 0 Å². The first-order chi connectivity index (χ1) is 16.3. The molecule has 3 fully saturated rings. The Morgan fingerprint density at radius 3 is 2.21 bits per heavy atom. The molecule has 6 rings (SSSR count). The van der Waals surface area contributed by atoms with Crippen LogP contribution in [-0.2, 0) is 14.3 Å². The van der Waals surface area contributed by atoms with Crippen LogP contribution >= 0.6 is 0 Å². The number of hydrogen-bond acceptors (Lipinski definition) is 4. The number of carbonyl (C=O) groups is 3. The van der Waals surface area contributed by atoms with Crippen LogP contribution in [0.1, 0.15) is 36.3 Å². The Hall–Kier alpha value is -3.49. The molecule has 34 heavy (non-hydrogen) atoms. The van der Waals surface area contributed by atoms with Crippen molar-refractivity contribution < 1.29 is 33.0 Å². The van der Waals surface area contributed by atoms with Crippen LogP contribution in [0.5, 0.6) is 0 Å². The number of nitrogens with zero attached hydrogens (tertiary/aromatic N) is 1. The van der Waals surface area contributed by atoms with Crippen LogP contribution in [0.25, 0.3) is 11.1 Å². The number of carboxylic acid groups (broad SMARTS) is 1. The number of alkyl halides is 2. The van der Waals surface area contributed by atoms with Crippen molar-refractivity contribution in [2.75, 3.05) is 13.2 Å². The molecule has 2 saturated heterocycles. The molecule has 2 N–H and O–H groups in total. The maximum atomic E-state index is 13.6. The Balaban J connectivity index is 1.22. The molecule has 0 spiro atoms. The smallest absolute Gasteiger partial charge is 0.407 e. The van der Waals surface area contributed by atoms with Crippen LogP contribution in [0.2, 0.25) is 0 Å². The average molecular weight is 470 g/mol. The third-order valence-electron chi connectivity index (χ3n) is 7.25. The quantitative estimate of drug-likeness (QED) is 0.645. The third kappa shape index (κ3) is 3.59. The molecule has 2 aromatic rings. The number of nitrogens with one attached hydrogen (secondary N) is 1. The van der Waals surface area contributed by atoms with Crippen LogP contribution < -0.4 is 5.32 Å². The highest BCUT2D eigenvalue weighted by molar-refractivity contribution is 5.90. The van der Waals surface area contributed by atoms with Gasteiger partial charge in [0.25, 0.3) is 6.43 Å². The van der Waals surface area contributed by atoms with Crippen molar-refractivity contribution in [3.8, 4) is 11.1 Å². The van der Waals surface area contributed by atoms with Gasteiger partial charge in [-0.15, -0.1) is 0 Å². The summed E-state index contributed by atoms with van der Waals surface area (Å²) in [5.74, 6) is -1.96.